The minimum atomic E-state index is -0.710. The molecule has 0 radical (unpaired) electrons. The second-order valence-electron chi connectivity index (χ2n) is 8.44. The van der Waals surface area contributed by atoms with Gasteiger partial charge in [-0.05, 0) is 42.8 Å². The molecule has 4 aromatic rings. The van der Waals surface area contributed by atoms with Crippen molar-refractivity contribution in [3.8, 4) is 5.69 Å². The number of pyridine rings is 1. The van der Waals surface area contributed by atoms with Gasteiger partial charge in [0.25, 0.3) is 0 Å². The lowest BCUT2D eigenvalue weighted by atomic mass is 10.0. The summed E-state index contributed by atoms with van der Waals surface area (Å²) < 4.78 is 2.64. The van der Waals surface area contributed by atoms with Crippen molar-refractivity contribution in [1.29, 1.82) is 0 Å². The Balaban J connectivity index is 1.29. The molecule has 1 atom stereocenters. The van der Waals surface area contributed by atoms with E-state index in [-0.39, 0.29) is 5.78 Å². The molecule has 4 heterocycles. The molecule has 0 aliphatic carbocycles. The molecule has 11 heteroatoms. The first kappa shape index (κ1) is 23.7. The van der Waals surface area contributed by atoms with E-state index in [1.54, 1.807) is 49.1 Å². The third-order valence-corrected chi connectivity index (χ3v) is 6.55. The van der Waals surface area contributed by atoms with Gasteiger partial charge in [0.15, 0.2) is 5.78 Å². The van der Waals surface area contributed by atoms with Crippen LogP contribution in [0.4, 0.5) is 11.6 Å². The van der Waals surface area contributed by atoms with Gasteiger partial charge in [-0.3, -0.25) is 9.78 Å². The number of rotatable bonds is 7. The van der Waals surface area contributed by atoms with Crippen molar-refractivity contribution >= 4 is 29.0 Å². The molecule has 1 fully saturated rings. The highest BCUT2D eigenvalue weighted by Gasteiger charge is 2.24. The Morgan fingerprint density at radius 3 is 2.28 bits per heavy atom. The minimum absolute atomic E-state index is 0.185. The maximum atomic E-state index is 13.2. The van der Waals surface area contributed by atoms with Gasteiger partial charge in [-0.2, -0.15) is 5.10 Å². The lowest BCUT2D eigenvalue weighted by Crippen LogP contribution is -2.47. The maximum Gasteiger partial charge on any atom is 0.351 e. The average molecular weight is 505 g/mol. The fourth-order valence-corrected chi connectivity index (χ4v) is 4.44. The molecule has 5 rings (SSSR count). The second kappa shape index (κ2) is 10.3. The summed E-state index contributed by atoms with van der Waals surface area (Å²) in [6.07, 6.45) is 8.64. The molecule has 0 saturated carbocycles. The van der Waals surface area contributed by atoms with E-state index >= 15 is 0 Å². The van der Waals surface area contributed by atoms with Crippen LogP contribution in [0, 0.1) is 0 Å². The third-order valence-electron chi connectivity index (χ3n) is 6.29. The smallest absolute Gasteiger partial charge is 0.351 e. The Morgan fingerprint density at radius 2 is 1.67 bits per heavy atom. The summed E-state index contributed by atoms with van der Waals surface area (Å²) in [5.74, 6) is 1.52. The van der Waals surface area contributed by atoms with Crippen molar-refractivity contribution in [2.24, 2.45) is 0 Å². The Bertz CT molecular complexity index is 1380. The van der Waals surface area contributed by atoms with E-state index < -0.39 is 11.7 Å². The molecule has 1 aromatic carbocycles. The summed E-state index contributed by atoms with van der Waals surface area (Å²) in [6, 6.07) is 9.66. The van der Waals surface area contributed by atoms with Crippen LogP contribution < -0.4 is 15.5 Å². The molecule has 10 nitrogen and oxygen atoms in total. The van der Waals surface area contributed by atoms with Gasteiger partial charge >= 0.3 is 5.69 Å². The number of hydrogen-bond donors (Lipinski definition) is 0. The summed E-state index contributed by atoms with van der Waals surface area (Å²) in [7, 11) is 0. The van der Waals surface area contributed by atoms with Crippen LogP contribution >= 0.6 is 11.6 Å². The van der Waals surface area contributed by atoms with Crippen LogP contribution in [0.1, 0.15) is 29.7 Å². The molecule has 1 saturated heterocycles. The zero-order valence-electron chi connectivity index (χ0n) is 19.7. The van der Waals surface area contributed by atoms with Crippen molar-refractivity contribution in [1.82, 2.24) is 29.3 Å². The van der Waals surface area contributed by atoms with Gasteiger partial charge in [0.05, 0.1) is 18.1 Å². The van der Waals surface area contributed by atoms with E-state index in [1.807, 2.05) is 19.1 Å². The van der Waals surface area contributed by atoms with Crippen molar-refractivity contribution in [2.75, 3.05) is 36.0 Å². The SMILES string of the molecule is CCC(C(=O)c1ccc(Cl)cc1)n1ncn(-c2ccc(N3CCN(c4cnccn4)CC3)nc2)c1=O. The van der Waals surface area contributed by atoms with Gasteiger partial charge in [-0.15, -0.1) is 0 Å². The minimum Gasteiger partial charge on any atom is -0.353 e. The molecule has 0 spiro atoms. The Hall–Kier alpha value is -4.05. The topological polar surface area (TPSA) is 102 Å². The number of hydrogen-bond acceptors (Lipinski definition) is 8. The van der Waals surface area contributed by atoms with E-state index in [0.717, 1.165) is 37.8 Å². The Labute approximate surface area is 212 Å². The number of nitrogens with zero attached hydrogens (tertiary/aromatic N) is 8. The lowest BCUT2D eigenvalue weighted by molar-refractivity contribution is 0.0911. The predicted octanol–water partition coefficient (Wildman–Crippen LogP) is 3.03. The Kier molecular flexibility index (Phi) is 6.77. The van der Waals surface area contributed by atoms with Gasteiger partial charge < -0.3 is 9.80 Å². The number of piperazine rings is 1. The molecule has 0 N–H and O–H groups in total. The molecular formula is C25H25ClN8O2. The molecular weight excluding hydrogens is 480 g/mol. The van der Waals surface area contributed by atoms with Crippen LogP contribution in [-0.2, 0) is 0 Å². The summed E-state index contributed by atoms with van der Waals surface area (Å²) in [5.41, 5.74) is 0.677. The van der Waals surface area contributed by atoms with Gasteiger partial charge in [0, 0.05) is 49.2 Å². The number of aromatic nitrogens is 6. The maximum absolute atomic E-state index is 13.2. The highest BCUT2D eigenvalue weighted by atomic mass is 35.5. The van der Waals surface area contributed by atoms with Crippen molar-refractivity contribution < 1.29 is 4.79 Å². The molecule has 0 amide bonds. The van der Waals surface area contributed by atoms with E-state index in [9.17, 15) is 9.59 Å². The van der Waals surface area contributed by atoms with Crippen LogP contribution in [-0.4, -0.2) is 61.3 Å². The zero-order valence-corrected chi connectivity index (χ0v) is 20.5. The highest BCUT2D eigenvalue weighted by molar-refractivity contribution is 6.30. The van der Waals surface area contributed by atoms with Crippen molar-refractivity contribution in [3.63, 3.8) is 0 Å². The number of Topliss-reactive ketones (excluding diaryl/α,β-unsaturated/α-hetero) is 1. The summed E-state index contributed by atoms with van der Waals surface area (Å²) in [5, 5.41) is 4.79. The third kappa shape index (κ3) is 4.72. The fraction of sp³-hybridized carbons (Fsp3) is 0.280. The summed E-state index contributed by atoms with van der Waals surface area (Å²) in [4.78, 5) is 43.7. The number of halogens is 1. The van der Waals surface area contributed by atoms with Gasteiger partial charge in [-0.1, -0.05) is 18.5 Å². The molecule has 0 bridgehead atoms. The molecule has 1 unspecified atom stereocenters. The highest BCUT2D eigenvalue weighted by Crippen LogP contribution is 2.20. The molecule has 184 valence electrons. The van der Waals surface area contributed by atoms with Gasteiger partial charge in [0.1, 0.15) is 24.0 Å². The van der Waals surface area contributed by atoms with Gasteiger partial charge in [-0.25, -0.2) is 24.0 Å². The first-order valence-corrected chi connectivity index (χ1v) is 12.1. The first-order chi connectivity index (χ1) is 17.5. The van der Waals surface area contributed by atoms with E-state index in [2.05, 4.69) is 29.9 Å². The van der Waals surface area contributed by atoms with Crippen LogP contribution in [0.15, 0.2) is 72.3 Å². The van der Waals surface area contributed by atoms with Crippen LogP contribution in [0.25, 0.3) is 5.69 Å². The molecule has 1 aliphatic heterocycles. The fourth-order valence-electron chi connectivity index (χ4n) is 4.31. The quantitative estimate of drug-likeness (QED) is 0.354. The molecule has 36 heavy (non-hydrogen) atoms. The van der Waals surface area contributed by atoms with E-state index in [1.165, 1.54) is 15.6 Å². The second-order valence-corrected chi connectivity index (χ2v) is 8.87. The number of ketones is 1. The van der Waals surface area contributed by atoms with Crippen LogP contribution in [0.2, 0.25) is 5.02 Å². The monoisotopic (exact) mass is 504 g/mol. The molecule has 1 aliphatic rings. The van der Waals surface area contributed by atoms with Crippen molar-refractivity contribution in [3.05, 3.63) is 88.6 Å². The summed E-state index contributed by atoms with van der Waals surface area (Å²) >= 11 is 5.94. The molecule has 3 aromatic heterocycles. The summed E-state index contributed by atoms with van der Waals surface area (Å²) in [6.45, 7) is 5.07. The first-order valence-electron chi connectivity index (χ1n) is 11.7. The zero-order chi connectivity index (χ0) is 25.1. The number of carbonyl (C=O) groups is 1. The van der Waals surface area contributed by atoms with Crippen LogP contribution in [0.3, 0.4) is 0 Å². The van der Waals surface area contributed by atoms with E-state index in [4.69, 9.17) is 11.6 Å². The lowest BCUT2D eigenvalue weighted by Gasteiger charge is -2.35. The average Bonchev–Trinajstić information content (AvgIpc) is 3.31. The largest absolute Gasteiger partial charge is 0.353 e. The van der Waals surface area contributed by atoms with E-state index in [0.29, 0.717) is 22.7 Å². The standard InChI is InChI=1S/C25H25ClN8O2/c1-2-21(24(35)18-3-5-19(26)6-4-18)34-25(36)33(17-30-34)20-7-8-22(29-15-20)31-11-13-32(14-12-31)23-16-27-9-10-28-23/h3-10,15-17,21H,2,11-14H2,1H3. The van der Waals surface area contributed by atoms with Gasteiger partial charge in [0.2, 0.25) is 0 Å². The van der Waals surface area contributed by atoms with Crippen LogP contribution in [0.5, 0.6) is 0 Å². The number of anilines is 2. The Morgan fingerprint density at radius 1 is 0.944 bits per heavy atom. The number of carbonyl (C=O) groups excluding carboxylic acids is 1. The van der Waals surface area contributed by atoms with Crippen molar-refractivity contribution in [2.45, 2.75) is 19.4 Å². The number of benzene rings is 1. The normalized spacial score (nSPS) is 14.6. The predicted molar refractivity (Wildman–Crippen MR) is 137 cm³/mol.